The Morgan fingerprint density at radius 3 is 2.33 bits per heavy atom. The number of aliphatic imine (C=N–C) groups is 1. The van der Waals surface area contributed by atoms with Crippen molar-refractivity contribution < 1.29 is 0 Å². The van der Waals surface area contributed by atoms with E-state index in [0.29, 0.717) is 12.6 Å². The molecule has 7 heteroatoms. The minimum absolute atomic E-state index is 0. The summed E-state index contributed by atoms with van der Waals surface area (Å²) in [7, 11) is 3.96. The number of hydrogen-bond acceptors (Lipinski definition) is 4. The van der Waals surface area contributed by atoms with E-state index in [2.05, 4.69) is 77.6 Å². The van der Waals surface area contributed by atoms with Crippen LogP contribution in [0, 0.1) is 13.8 Å². The molecule has 1 heterocycles. The van der Waals surface area contributed by atoms with Crippen molar-refractivity contribution in [2.24, 2.45) is 4.99 Å². The van der Waals surface area contributed by atoms with E-state index in [0.717, 1.165) is 29.8 Å². The van der Waals surface area contributed by atoms with Crippen molar-refractivity contribution in [3.63, 3.8) is 0 Å². The minimum Gasteiger partial charge on any atom is -0.352 e. The maximum atomic E-state index is 4.57. The van der Waals surface area contributed by atoms with Gasteiger partial charge < -0.3 is 10.6 Å². The lowest BCUT2D eigenvalue weighted by Crippen LogP contribution is -2.36. The van der Waals surface area contributed by atoms with Gasteiger partial charge >= 0.3 is 0 Å². The zero-order valence-corrected chi connectivity index (χ0v) is 20.3. The van der Waals surface area contributed by atoms with Gasteiger partial charge in [-0.3, -0.25) is 9.89 Å². The predicted molar refractivity (Wildman–Crippen MR) is 127 cm³/mol. The number of guanidine groups is 1. The Labute approximate surface area is 184 Å². The van der Waals surface area contributed by atoms with E-state index in [1.807, 2.05) is 6.92 Å². The summed E-state index contributed by atoms with van der Waals surface area (Å²) in [5.41, 5.74) is 3.75. The molecule has 0 radical (unpaired) electrons. The van der Waals surface area contributed by atoms with Crippen LogP contribution in [0.1, 0.15) is 40.6 Å². The van der Waals surface area contributed by atoms with Crippen LogP contribution in [0.5, 0.6) is 0 Å². The highest BCUT2D eigenvalue weighted by atomic mass is 127. The van der Waals surface area contributed by atoms with Crippen LogP contribution in [0.2, 0.25) is 0 Å². The average molecular weight is 501 g/mol. The third kappa shape index (κ3) is 7.38. The molecule has 0 saturated heterocycles. The molecule has 27 heavy (non-hydrogen) atoms. The second kappa shape index (κ2) is 11.6. The Balaban J connectivity index is 0.00000364. The topological polar surface area (TPSA) is 52.6 Å². The van der Waals surface area contributed by atoms with Gasteiger partial charge in [0.2, 0.25) is 0 Å². The SMILES string of the molecule is CN=C(NCc1nc(C)c(C)s1)NCc1ccccc1CN(C)C(C)C.I. The Hall–Kier alpha value is -1.19. The van der Waals surface area contributed by atoms with Crippen molar-refractivity contribution in [1.29, 1.82) is 0 Å². The average Bonchev–Trinajstić information content (AvgIpc) is 2.94. The summed E-state index contributed by atoms with van der Waals surface area (Å²) in [4.78, 5) is 12.5. The molecule has 0 fully saturated rings. The summed E-state index contributed by atoms with van der Waals surface area (Å²) >= 11 is 1.73. The first-order valence-corrected chi connectivity index (χ1v) is 9.86. The number of hydrogen-bond donors (Lipinski definition) is 2. The van der Waals surface area contributed by atoms with Crippen molar-refractivity contribution in [2.45, 2.75) is 53.4 Å². The molecule has 2 N–H and O–H groups in total. The normalized spacial score (nSPS) is 11.6. The molecule has 0 spiro atoms. The fourth-order valence-corrected chi connectivity index (χ4v) is 3.38. The molecular formula is C20H32IN5S. The summed E-state index contributed by atoms with van der Waals surface area (Å²) in [6.45, 7) is 11.0. The van der Waals surface area contributed by atoms with Gasteiger partial charge in [0.05, 0.1) is 12.2 Å². The summed E-state index contributed by atoms with van der Waals surface area (Å²) in [5, 5.41) is 7.85. The van der Waals surface area contributed by atoms with Crippen LogP contribution in [0.15, 0.2) is 29.3 Å². The number of nitrogens with zero attached hydrogens (tertiary/aromatic N) is 3. The molecule has 0 amide bonds. The van der Waals surface area contributed by atoms with Gasteiger partial charge in [0, 0.05) is 31.1 Å². The quantitative estimate of drug-likeness (QED) is 0.341. The Morgan fingerprint density at radius 2 is 1.78 bits per heavy atom. The van der Waals surface area contributed by atoms with Gasteiger partial charge in [-0.05, 0) is 45.9 Å². The van der Waals surface area contributed by atoms with Gasteiger partial charge in [0.25, 0.3) is 0 Å². The highest BCUT2D eigenvalue weighted by Crippen LogP contribution is 2.16. The van der Waals surface area contributed by atoms with E-state index in [1.165, 1.54) is 16.0 Å². The molecule has 0 bridgehead atoms. The van der Waals surface area contributed by atoms with Crippen molar-refractivity contribution in [1.82, 2.24) is 20.5 Å². The number of rotatable bonds is 7. The summed E-state index contributed by atoms with van der Waals surface area (Å²) in [5.74, 6) is 0.794. The fourth-order valence-electron chi connectivity index (χ4n) is 2.51. The zero-order valence-electron chi connectivity index (χ0n) is 17.2. The molecule has 0 aliphatic carbocycles. The fraction of sp³-hybridized carbons (Fsp3) is 0.500. The smallest absolute Gasteiger partial charge is 0.191 e. The molecule has 0 unspecified atom stereocenters. The predicted octanol–water partition coefficient (Wildman–Crippen LogP) is 4.08. The summed E-state index contributed by atoms with van der Waals surface area (Å²) in [6.07, 6.45) is 0. The van der Waals surface area contributed by atoms with Gasteiger partial charge in [0.1, 0.15) is 5.01 Å². The van der Waals surface area contributed by atoms with E-state index in [-0.39, 0.29) is 24.0 Å². The Bertz CT molecular complexity index is 722. The van der Waals surface area contributed by atoms with Crippen molar-refractivity contribution in [3.8, 4) is 0 Å². The van der Waals surface area contributed by atoms with Crippen LogP contribution in [-0.4, -0.2) is 36.0 Å². The number of halogens is 1. The number of aryl methyl sites for hydroxylation is 2. The molecular weight excluding hydrogens is 469 g/mol. The largest absolute Gasteiger partial charge is 0.352 e. The maximum absolute atomic E-state index is 4.57. The Morgan fingerprint density at radius 1 is 1.15 bits per heavy atom. The van der Waals surface area contributed by atoms with Gasteiger partial charge in [-0.2, -0.15) is 0 Å². The van der Waals surface area contributed by atoms with Crippen LogP contribution in [-0.2, 0) is 19.6 Å². The minimum atomic E-state index is 0. The number of nitrogens with one attached hydrogen (secondary N) is 2. The molecule has 0 aliphatic rings. The third-order valence-corrected chi connectivity index (χ3v) is 5.64. The van der Waals surface area contributed by atoms with E-state index in [4.69, 9.17) is 0 Å². The molecule has 0 atom stereocenters. The Kier molecular flexibility index (Phi) is 10.3. The van der Waals surface area contributed by atoms with Gasteiger partial charge in [-0.1, -0.05) is 24.3 Å². The van der Waals surface area contributed by atoms with Gasteiger partial charge in [-0.15, -0.1) is 35.3 Å². The maximum Gasteiger partial charge on any atom is 0.191 e. The lowest BCUT2D eigenvalue weighted by atomic mass is 10.1. The molecule has 150 valence electrons. The van der Waals surface area contributed by atoms with Crippen molar-refractivity contribution in [2.75, 3.05) is 14.1 Å². The molecule has 0 saturated carbocycles. The first-order chi connectivity index (χ1) is 12.4. The highest BCUT2D eigenvalue weighted by molar-refractivity contribution is 14.0. The van der Waals surface area contributed by atoms with Crippen molar-refractivity contribution >= 4 is 41.3 Å². The zero-order chi connectivity index (χ0) is 19.1. The van der Waals surface area contributed by atoms with Gasteiger partial charge in [-0.25, -0.2) is 4.98 Å². The second-order valence-electron chi connectivity index (χ2n) is 6.81. The van der Waals surface area contributed by atoms with E-state index in [9.17, 15) is 0 Å². The lowest BCUT2D eigenvalue weighted by molar-refractivity contribution is 0.265. The third-order valence-electron chi connectivity index (χ3n) is 4.57. The monoisotopic (exact) mass is 501 g/mol. The standard InChI is InChI=1S/C20H31N5S.HI/c1-14(2)25(6)13-18-10-8-7-9-17(18)11-22-20(21-5)23-12-19-24-15(3)16(4)26-19;/h7-10,14H,11-13H2,1-6H3,(H2,21,22,23);1H. The van der Waals surface area contributed by atoms with Crippen LogP contribution in [0.25, 0.3) is 0 Å². The summed E-state index contributed by atoms with van der Waals surface area (Å²) in [6, 6.07) is 9.10. The number of benzene rings is 1. The van der Waals surface area contributed by atoms with Crippen molar-refractivity contribution in [3.05, 3.63) is 51.0 Å². The first kappa shape index (κ1) is 23.8. The van der Waals surface area contributed by atoms with Gasteiger partial charge in [0.15, 0.2) is 5.96 Å². The van der Waals surface area contributed by atoms with Crippen LogP contribution >= 0.6 is 35.3 Å². The lowest BCUT2D eigenvalue weighted by Gasteiger charge is -2.23. The molecule has 1 aromatic carbocycles. The molecule has 2 rings (SSSR count). The van der Waals surface area contributed by atoms with Crippen LogP contribution < -0.4 is 10.6 Å². The number of thiazole rings is 1. The van der Waals surface area contributed by atoms with E-state index in [1.54, 1.807) is 18.4 Å². The first-order valence-electron chi connectivity index (χ1n) is 9.05. The van der Waals surface area contributed by atoms with Crippen LogP contribution in [0.4, 0.5) is 0 Å². The van der Waals surface area contributed by atoms with E-state index >= 15 is 0 Å². The number of aromatic nitrogens is 1. The molecule has 2 aromatic rings. The highest BCUT2D eigenvalue weighted by Gasteiger charge is 2.09. The second-order valence-corrected chi connectivity index (χ2v) is 8.09. The van der Waals surface area contributed by atoms with Crippen LogP contribution in [0.3, 0.4) is 0 Å². The molecule has 1 aromatic heterocycles. The summed E-state index contributed by atoms with van der Waals surface area (Å²) < 4.78 is 0. The molecule has 0 aliphatic heterocycles. The molecule has 5 nitrogen and oxygen atoms in total. The van der Waals surface area contributed by atoms with E-state index < -0.39 is 0 Å².